The summed E-state index contributed by atoms with van der Waals surface area (Å²) in [7, 11) is 0. The van der Waals surface area contributed by atoms with E-state index in [1.807, 2.05) is 38.1 Å². The Morgan fingerprint density at radius 1 is 1.21 bits per heavy atom. The molecule has 2 aromatic carbocycles. The molecule has 1 saturated heterocycles. The average molecular weight is 436 g/mol. The van der Waals surface area contributed by atoms with Crippen LogP contribution in [0.2, 0.25) is 10.0 Å². The van der Waals surface area contributed by atoms with E-state index in [0.717, 1.165) is 29.0 Å². The summed E-state index contributed by atoms with van der Waals surface area (Å²) in [6, 6.07) is 11.0. The maximum absolute atomic E-state index is 13.5. The molecule has 0 aromatic heterocycles. The van der Waals surface area contributed by atoms with Crippen LogP contribution >= 0.6 is 23.2 Å². The molecule has 1 N–H and O–H groups in total. The number of carbonyl (C=O) groups excluding carboxylic acids is 1. The molecule has 1 fully saturated rings. The molecule has 1 atom stereocenters. The topological polar surface area (TPSA) is 47.6 Å². The van der Waals surface area contributed by atoms with E-state index < -0.39 is 5.41 Å². The number of benzene rings is 2. The Hall–Kier alpha value is -1.75. The summed E-state index contributed by atoms with van der Waals surface area (Å²) in [5.41, 5.74) is 1.76. The molecule has 1 amide bonds. The van der Waals surface area contributed by atoms with Gasteiger partial charge in [-0.2, -0.15) is 0 Å². The predicted octanol–water partition coefficient (Wildman–Crippen LogP) is 6.17. The molecule has 2 aromatic rings. The highest BCUT2D eigenvalue weighted by atomic mass is 35.5. The fraction of sp³-hybridized carbons (Fsp3) is 0.435. The summed E-state index contributed by atoms with van der Waals surface area (Å²) < 4.78 is 11.5. The third-order valence-electron chi connectivity index (χ3n) is 5.56. The Balaban J connectivity index is 1.87. The van der Waals surface area contributed by atoms with E-state index in [2.05, 4.69) is 12.2 Å². The van der Waals surface area contributed by atoms with Crippen molar-refractivity contribution in [3.63, 3.8) is 0 Å². The molecule has 156 valence electrons. The minimum Gasteiger partial charge on any atom is -0.490 e. The molecule has 0 unspecified atom stereocenters. The minimum absolute atomic E-state index is 0.0833. The fourth-order valence-corrected chi connectivity index (χ4v) is 4.22. The van der Waals surface area contributed by atoms with Gasteiger partial charge in [0.15, 0.2) is 0 Å². The summed E-state index contributed by atoms with van der Waals surface area (Å²) in [5.74, 6) is 0.749. The van der Waals surface area contributed by atoms with E-state index in [1.54, 1.807) is 12.1 Å². The van der Waals surface area contributed by atoms with Gasteiger partial charge < -0.3 is 14.8 Å². The molecule has 0 saturated carbocycles. The zero-order valence-electron chi connectivity index (χ0n) is 17.1. The molecule has 1 aliphatic rings. The molecule has 0 bridgehead atoms. The van der Waals surface area contributed by atoms with Crippen LogP contribution in [0.1, 0.15) is 44.2 Å². The first kappa shape index (κ1) is 21.9. The van der Waals surface area contributed by atoms with E-state index in [9.17, 15) is 4.79 Å². The van der Waals surface area contributed by atoms with Crippen molar-refractivity contribution in [1.29, 1.82) is 0 Å². The van der Waals surface area contributed by atoms with Crippen molar-refractivity contribution < 1.29 is 14.3 Å². The highest BCUT2D eigenvalue weighted by molar-refractivity contribution is 6.35. The van der Waals surface area contributed by atoms with Crippen LogP contribution in [0.15, 0.2) is 36.4 Å². The number of ether oxygens (including phenoxy) is 2. The van der Waals surface area contributed by atoms with Gasteiger partial charge in [0.25, 0.3) is 0 Å². The average Bonchev–Trinajstić information content (AvgIpc) is 2.70. The molecule has 0 radical (unpaired) electrons. The van der Waals surface area contributed by atoms with Crippen molar-refractivity contribution in [3.8, 4) is 5.75 Å². The molecule has 1 aliphatic heterocycles. The largest absolute Gasteiger partial charge is 0.490 e. The number of nitrogens with one attached hydrogen (secondary N) is 1. The molecule has 6 heteroatoms. The van der Waals surface area contributed by atoms with Gasteiger partial charge in [-0.05, 0) is 74.6 Å². The van der Waals surface area contributed by atoms with Crippen LogP contribution in [0, 0.1) is 6.92 Å². The molecule has 0 spiro atoms. The van der Waals surface area contributed by atoms with Crippen LogP contribution in [-0.2, 0) is 14.9 Å². The number of hydrogen-bond acceptors (Lipinski definition) is 3. The number of rotatable bonds is 6. The second kappa shape index (κ2) is 9.38. The molecular weight excluding hydrogens is 409 g/mol. The summed E-state index contributed by atoms with van der Waals surface area (Å²) in [4.78, 5) is 13.5. The van der Waals surface area contributed by atoms with Crippen LogP contribution < -0.4 is 10.1 Å². The summed E-state index contributed by atoms with van der Waals surface area (Å²) in [6.45, 7) is 7.12. The zero-order chi connectivity index (χ0) is 21.0. The van der Waals surface area contributed by atoms with Crippen molar-refractivity contribution in [2.24, 2.45) is 0 Å². The lowest BCUT2D eigenvalue weighted by atomic mass is 9.73. The van der Waals surface area contributed by atoms with E-state index in [1.165, 1.54) is 0 Å². The zero-order valence-corrected chi connectivity index (χ0v) is 18.6. The van der Waals surface area contributed by atoms with Gasteiger partial charge in [-0.25, -0.2) is 0 Å². The number of hydrogen-bond donors (Lipinski definition) is 1. The van der Waals surface area contributed by atoms with Gasteiger partial charge in [-0.1, -0.05) is 36.2 Å². The van der Waals surface area contributed by atoms with Crippen LogP contribution in [0.4, 0.5) is 5.69 Å². The number of carbonyl (C=O) groups is 1. The summed E-state index contributed by atoms with van der Waals surface area (Å²) in [6.07, 6.45) is 2.21. The number of amides is 1. The van der Waals surface area contributed by atoms with E-state index in [0.29, 0.717) is 36.1 Å². The number of aryl methyl sites for hydroxylation is 1. The fourth-order valence-electron chi connectivity index (χ4n) is 3.63. The molecule has 29 heavy (non-hydrogen) atoms. The Morgan fingerprint density at radius 3 is 2.55 bits per heavy atom. The quantitative estimate of drug-likeness (QED) is 0.590. The van der Waals surface area contributed by atoms with Crippen LogP contribution in [0.25, 0.3) is 0 Å². The third-order valence-corrected chi connectivity index (χ3v) is 6.11. The minimum atomic E-state index is -0.750. The Kier molecular flexibility index (Phi) is 7.10. The van der Waals surface area contributed by atoms with Crippen molar-refractivity contribution in [1.82, 2.24) is 0 Å². The Morgan fingerprint density at radius 2 is 1.93 bits per heavy atom. The molecule has 4 nitrogen and oxygen atoms in total. The van der Waals surface area contributed by atoms with Gasteiger partial charge in [0.05, 0.1) is 11.5 Å². The van der Waals surface area contributed by atoms with Gasteiger partial charge in [0.2, 0.25) is 5.91 Å². The SMILES string of the molecule is CC[C@@H](C)Oc1ccc(NC(=O)C2(c3ccc(Cl)cc3Cl)CCOCC2)cc1C. The van der Waals surface area contributed by atoms with Crippen LogP contribution in [0.5, 0.6) is 5.75 Å². The van der Waals surface area contributed by atoms with Crippen molar-refractivity contribution in [2.75, 3.05) is 18.5 Å². The maximum atomic E-state index is 13.5. The molecule has 1 heterocycles. The van der Waals surface area contributed by atoms with E-state index in [4.69, 9.17) is 32.7 Å². The van der Waals surface area contributed by atoms with Gasteiger partial charge in [-0.15, -0.1) is 0 Å². The summed E-state index contributed by atoms with van der Waals surface area (Å²) >= 11 is 12.6. The van der Waals surface area contributed by atoms with E-state index >= 15 is 0 Å². The maximum Gasteiger partial charge on any atom is 0.235 e. The van der Waals surface area contributed by atoms with Crippen molar-refractivity contribution in [2.45, 2.75) is 51.6 Å². The van der Waals surface area contributed by atoms with Crippen molar-refractivity contribution in [3.05, 3.63) is 57.6 Å². The van der Waals surface area contributed by atoms with Crippen LogP contribution in [0.3, 0.4) is 0 Å². The number of halogens is 2. The monoisotopic (exact) mass is 435 g/mol. The first-order chi connectivity index (χ1) is 13.9. The predicted molar refractivity (Wildman–Crippen MR) is 118 cm³/mol. The second-order valence-electron chi connectivity index (χ2n) is 7.59. The lowest BCUT2D eigenvalue weighted by Crippen LogP contribution is -2.45. The molecular formula is C23H27Cl2NO3. The first-order valence-corrected chi connectivity index (χ1v) is 10.7. The smallest absolute Gasteiger partial charge is 0.235 e. The second-order valence-corrected chi connectivity index (χ2v) is 8.43. The van der Waals surface area contributed by atoms with Gasteiger partial charge in [-0.3, -0.25) is 4.79 Å². The highest BCUT2D eigenvalue weighted by Gasteiger charge is 2.43. The number of anilines is 1. The normalized spacial score (nSPS) is 16.9. The van der Waals surface area contributed by atoms with Gasteiger partial charge in [0, 0.05) is 28.9 Å². The van der Waals surface area contributed by atoms with Crippen LogP contribution in [-0.4, -0.2) is 25.2 Å². The Bertz CT molecular complexity index is 878. The lowest BCUT2D eigenvalue weighted by molar-refractivity contribution is -0.125. The standard InChI is InChI=1S/C23H27Cl2NO3/c1-4-16(3)29-21-8-6-18(13-15(21)2)26-22(27)23(9-11-28-12-10-23)19-7-5-17(24)14-20(19)25/h5-8,13-14,16H,4,9-12H2,1-3H3,(H,26,27)/t16-/m1/s1. The lowest BCUT2D eigenvalue weighted by Gasteiger charge is -2.37. The summed E-state index contributed by atoms with van der Waals surface area (Å²) in [5, 5.41) is 4.14. The molecule has 0 aliphatic carbocycles. The molecule has 3 rings (SSSR count). The third kappa shape index (κ3) is 4.88. The van der Waals surface area contributed by atoms with Gasteiger partial charge >= 0.3 is 0 Å². The highest BCUT2D eigenvalue weighted by Crippen LogP contribution is 2.40. The van der Waals surface area contributed by atoms with E-state index in [-0.39, 0.29) is 12.0 Å². The first-order valence-electron chi connectivity index (χ1n) is 9.98. The van der Waals surface area contributed by atoms with Crippen molar-refractivity contribution >= 4 is 34.8 Å². The Labute approximate surface area is 182 Å². The van der Waals surface area contributed by atoms with Gasteiger partial charge in [0.1, 0.15) is 5.75 Å².